The van der Waals surface area contributed by atoms with Crippen molar-refractivity contribution in [2.45, 2.75) is 57.2 Å². The lowest BCUT2D eigenvalue weighted by Crippen LogP contribution is -2.47. The molecule has 216 valence electrons. The third kappa shape index (κ3) is 6.05. The number of amides is 2. The summed E-state index contributed by atoms with van der Waals surface area (Å²) in [5.41, 5.74) is 10.0. The Bertz CT molecular complexity index is 1560. The fourth-order valence-corrected chi connectivity index (χ4v) is 6.19. The second-order valence-electron chi connectivity index (χ2n) is 11.0. The predicted molar refractivity (Wildman–Crippen MR) is 162 cm³/mol. The maximum atomic E-state index is 13.8. The average Bonchev–Trinajstić information content (AvgIpc) is 3.66. The van der Waals surface area contributed by atoms with Gasteiger partial charge < -0.3 is 20.4 Å². The molecule has 2 aliphatic rings. The van der Waals surface area contributed by atoms with Crippen LogP contribution in [0.4, 0.5) is 10.5 Å². The van der Waals surface area contributed by atoms with Crippen molar-refractivity contribution >= 4 is 29.3 Å². The molecule has 42 heavy (non-hydrogen) atoms. The summed E-state index contributed by atoms with van der Waals surface area (Å²) in [4.78, 5) is 36.2. The molecule has 9 heteroatoms. The molecular weight excluding hydrogens is 550 g/mol. The zero-order valence-electron chi connectivity index (χ0n) is 23.4. The number of carbonyl (C=O) groups excluding carboxylic acids is 2. The molecule has 1 aliphatic heterocycles. The number of fused-ring (bicyclic) bond motifs is 1. The number of aromatic nitrogens is 2. The number of rotatable bonds is 8. The summed E-state index contributed by atoms with van der Waals surface area (Å²) in [5, 5.41) is 3.20. The van der Waals surface area contributed by atoms with Gasteiger partial charge in [-0.05, 0) is 67.5 Å². The molecule has 0 spiro atoms. The summed E-state index contributed by atoms with van der Waals surface area (Å²) in [5.74, 6) is 0.620. The van der Waals surface area contributed by atoms with Crippen molar-refractivity contribution in [1.29, 1.82) is 0 Å². The van der Waals surface area contributed by atoms with Crippen molar-refractivity contribution in [3.05, 3.63) is 106 Å². The highest BCUT2D eigenvalue weighted by molar-refractivity contribution is 6.31. The van der Waals surface area contributed by atoms with Crippen molar-refractivity contribution in [2.24, 2.45) is 0 Å². The van der Waals surface area contributed by atoms with Crippen molar-refractivity contribution in [3.63, 3.8) is 0 Å². The Labute approximate surface area is 250 Å². The van der Waals surface area contributed by atoms with Crippen molar-refractivity contribution < 1.29 is 20.1 Å². The standard InChI is InChI=1S/C33H34ClN5O3/c34-30-29(23-11-13-25(14-12-23)36-33(41)42-26-8-4-5-9-26)37-31(38-30)28(19-21-6-2-1-3-7-21)39-17-16-24-18-22(20-35)10-15-27(24)32(39)40/h1-3,6-7,10-15,18,26,28H,4-5,8-9,16-17,19-20,35H2,(H,36,41)(H,37,38)/p+1/t28-/m0/s1. The van der Waals surface area contributed by atoms with Gasteiger partial charge in [-0.1, -0.05) is 60.1 Å². The van der Waals surface area contributed by atoms with E-state index in [0.29, 0.717) is 41.9 Å². The molecule has 1 aromatic heterocycles. The van der Waals surface area contributed by atoms with Gasteiger partial charge in [0.05, 0.1) is 12.6 Å². The van der Waals surface area contributed by atoms with E-state index in [1.807, 2.05) is 59.5 Å². The van der Waals surface area contributed by atoms with Gasteiger partial charge >= 0.3 is 6.09 Å². The van der Waals surface area contributed by atoms with E-state index >= 15 is 0 Å². The highest BCUT2D eigenvalue weighted by Crippen LogP contribution is 2.34. The number of ether oxygens (including phenoxy) is 1. The minimum atomic E-state index is -0.436. The number of hydrogen-bond donors (Lipinski definition) is 3. The first-order valence-electron chi connectivity index (χ1n) is 14.6. The number of imidazole rings is 1. The van der Waals surface area contributed by atoms with E-state index in [1.54, 1.807) is 0 Å². The maximum Gasteiger partial charge on any atom is 0.411 e. The number of halogens is 1. The topological polar surface area (TPSA) is 115 Å². The first kappa shape index (κ1) is 28.0. The molecule has 0 unspecified atom stereocenters. The normalized spacial score (nSPS) is 15.9. The molecule has 1 atom stereocenters. The van der Waals surface area contributed by atoms with Crippen LogP contribution in [-0.2, 0) is 24.1 Å². The number of carbonyl (C=O) groups is 2. The van der Waals surface area contributed by atoms with Crippen molar-refractivity contribution in [1.82, 2.24) is 14.9 Å². The Morgan fingerprint density at radius 2 is 1.83 bits per heavy atom. The Morgan fingerprint density at radius 3 is 2.57 bits per heavy atom. The highest BCUT2D eigenvalue weighted by Gasteiger charge is 2.33. The van der Waals surface area contributed by atoms with Crippen LogP contribution in [-0.4, -0.2) is 39.5 Å². The van der Waals surface area contributed by atoms with Crippen LogP contribution in [0.2, 0.25) is 5.15 Å². The Kier molecular flexibility index (Phi) is 8.26. The van der Waals surface area contributed by atoms with Crippen molar-refractivity contribution in [2.75, 3.05) is 11.9 Å². The first-order valence-corrected chi connectivity index (χ1v) is 15.0. The molecule has 0 radical (unpaired) electrons. The minimum absolute atomic E-state index is 0.000709. The first-order chi connectivity index (χ1) is 20.5. The number of aromatic amines is 1. The molecule has 4 aromatic rings. The highest BCUT2D eigenvalue weighted by atomic mass is 35.5. The van der Waals surface area contributed by atoms with Crippen LogP contribution in [0, 0.1) is 0 Å². The summed E-state index contributed by atoms with van der Waals surface area (Å²) < 4.78 is 5.50. The van der Waals surface area contributed by atoms with Gasteiger partial charge in [-0.25, -0.2) is 9.78 Å². The summed E-state index contributed by atoms with van der Waals surface area (Å²) in [6.07, 6.45) is 4.96. The Hall–Kier alpha value is -4.14. The minimum Gasteiger partial charge on any atom is -0.446 e. The van der Waals surface area contributed by atoms with Crippen molar-refractivity contribution in [3.8, 4) is 11.3 Å². The van der Waals surface area contributed by atoms with Gasteiger partial charge in [0.25, 0.3) is 5.91 Å². The third-order valence-corrected chi connectivity index (χ3v) is 8.47. The zero-order valence-corrected chi connectivity index (χ0v) is 24.2. The number of benzene rings is 3. The molecule has 0 bridgehead atoms. The fourth-order valence-electron chi connectivity index (χ4n) is 5.94. The van der Waals surface area contributed by atoms with Crippen LogP contribution in [0.5, 0.6) is 0 Å². The smallest absolute Gasteiger partial charge is 0.411 e. The van der Waals surface area contributed by atoms with Crippen LogP contribution in [0.1, 0.15) is 64.6 Å². The lowest BCUT2D eigenvalue weighted by molar-refractivity contribution is -0.386. The van der Waals surface area contributed by atoms with Gasteiger partial charge in [0, 0.05) is 35.3 Å². The van der Waals surface area contributed by atoms with Gasteiger partial charge in [0.2, 0.25) is 0 Å². The molecule has 0 saturated heterocycles. The number of anilines is 1. The van der Waals surface area contributed by atoms with E-state index in [2.05, 4.69) is 34.2 Å². The SMILES string of the molecule is [NH3+]Cc1ccc2c(c1)CCN([C@@H](Cc1ccccc1)c1nc(-c3ccc(NC(=O)OC4CCCC4)cc3)c(Cl)[nH]1)C2=O. The summed E-state index contributed by atoms with van der Waals surface area (Å²) in [7, 11) is 0. The zero-order chi connectivity index (χ0) is 29.1. The summed E-state index contributed by atoms with van der Waals surface area (Å²) in [6, 6.07) is 23.1. The van der Waals surface area contributed by atoms with E-state index in [0.717, 1.165) is 59.9 Å². The van der Waals surface area contributed by atoms with Gasteiger partial charge in [0.15, 0.2) is 0 Å². The lowest BCUT2D eigenvalue weighted by Gasteiger charge is -2.35. The number of hydrogen-bond acceptors (Lipinski definition) is 4. The van der Waals surface area contributed by atoms with Crippen LogP contribution in [0.3, 0.4) is 0 Å². The molecule has 2 heterocycles. The molecule has 1 fully saturated rings. The van der Waals surface area contributed by atoms with E-state index < -0.39 is 6.09 Å². The average molecular weight is 585 g/mol. The van der Waals surface area contributed by atoms with Crippen LogP contribution in [0.15, 0.2) is 72.8 Å². The van der Waals surface area contributed by atoms with E-state index in [-0.39, 0.29) is 18.1 Å². The molecule has 6 rings (SSSR count). The van der Waals surface area contributed by atoms with E-state index in [1.165, 1.54) is 0 Å². The quantitative estimate of drug-likeness (QED) is 0.237. The Balaban J connectivity index is 1.25. The van der Waals surface area contributed by atoms with Crippen LogP contribution >= 0.6 is 11.6 Å². The molecule has 1 aliphatic carbocycles. The van der Waals surface area contributed by atoms with Gasteiger partial charge in [0.1, 0.15) is 22.8 Å². The fraction of sp³-hybridized carbons (Fsp3) is 0.303. The molecule has 2 amide bonds. The second kappa shape index (κ2) is 12.4. The van der Waals surface area contributed by atoms with Gasteiger partial charge in [-0.3, -0.25) is 10.1 Å². The third-order valence-electron chi connectivity index (χ3n) is 8.19. The van der Waals surface area contributed by atoms with Gasteiger partial charge in [-0.2, -0.15) is 0 Å². The second-order valence-corrected chi connectivity index (χ2v) is 11.4. The van der Waals surface area contributed by atoms with Crippen LogP contribution < -0.4 is 11.1 Å². The summed E-state index contributed by atoms with van der Waals surface area (Å²) >= 11 is 6.72. The maximum absolute atomic E-state index is 13.8. The number of H-pyrrole nitrogens is 1. The number of nitrogens with one attached hydrogen (secondary N) is 2. The van der Waals surface area contributed by atoms with E-state index in [4.69, 9.17) is 21.3 Å². The molecule has 1 saturated carbocycles. The summed E-state index contributed by atoms with van der Waals surface area (Å²) in [6.45, 7) is 1.27. The lowest BCUT2D eigenvalue weighted by atomic mass is 9.94. The Morgan fingerprint density at radius 1 is 1.07 bits per heavy atom. The largest absolute Gasteiger partial charge is 0.446 e. The monoisotopic (exact) mass is 584 g/mol. The number of nitrogens with zero attached hydrogens (tertiary/aromatic N) is 2. The predicted octanol–water partition coefficient (Wildman–Crippen LogP) is 5.95. The van der Waals surface area contributed by atoms with Crippen LogP contribution in [0.25, 0.3) is 11.3 Å². The molecule has 5 N–H and O–H groups in total. The van der Waals surface area contributed by atoms with E-state index in [9.17, 15) is 9.59 Å². The number of quaternary nitrogens is 1. The molecule has 3 aromatic carbocycles. The molecule has 8 nitrogen and oxygen atoms in total. The molecular formula is C33H35ClN5O3+. The van der Waals surface area contributed by atoms with Gasteiger partial charge in [-0.15, -0.1) is 0 Å².